The van der Waals surface area contributed by atoms with Gasteiger partial charge in [0.05, 0.1) is 17.1 Å². The first-order valence-corrected chi connectivity index (χ1v) is 10.2. The van der Waals surface area contributed by atoms with Crippen LogP contribution in [0, 0.1) is 5.41 Å². The fraction of sp³-hybridized carbons (Fsp3) is 0.667. The van der Waals surface area contributed by atoms with Crippen molar-refractivity contribution in [3.8, 4) is 0 Å². The van der Waals surface area contributed by atoms with Gasteiger partial charge in [0.15, 0.2) is 0 Å². The molecule has 2 saturated heterocycles. The number of anilines is 1. The summed E-state index contributed by atoms with van der Waals surface area (Å²) < 4.78 is 39.2. The van der Waals surface area contributed by atoms with Crippen LogP contribution in [0.15, 0.2) is 24.3 Å². The number of nitrogens with zero attached hydrogens (tertiary/aromatic N) is 2. The topological polar surface area (TPSA) is 43.8 Å². The lowest BCUT2D eigenvalue weighted by Gasteiger charge is -2.41. The van der Waals surface area contributed by atoms with E-state index in [9.17, 15) is 23.1 Å². The molecule has 1 spiro atoms. The standard InChI is InChI=1S/C21H27F3N2O2/c22-21(23,24)15-3-1-4-17(13-15)25-11-2-9-20(14-25)10-12-26(19(20)28)16-5-7-18(27)8-6-16/h1,3-4,13,16,18,27H,2,5-12,14H2/t16-,18-,20-/m0/s1. The van der Waals surface area contributed by atoms with E-state index in [0.717, 1.165) is 57.6 Å². The Balaban J connectivity index is 1.50. The van der Waals surface area contributed by atoms with Crippen molar-refractivity contribution in [1.82, 2.24) is 4.90 Å². The van der Waals surface area contributed by atoms with Crippen molar-refractivity contribution in [2.75, 3.05) is 24.5 Å². The molecule has 3 fully saturated rings. The van der Waals surface area contributed by atoms with Gasteiger partial charge < -0.3 is 14.9 Å². The Morgan fingerprint density at radius 1 is 1.07 bits per heavy atom. The minimum Gasteiger partial charge on any atom is -0.393 e. The molecule has 1 atom stereocenters. The van der Waals surface area contributed by atoms with E-state index in [1.165, 1.54) is 12.1 Å². The third kappa shape index (κ3) is 3.61. The molecule has 1 aromatic carbocycles. The first-order chi connectivity index (χ1) is 13.3. The van der Waals surface area contributed by atoms with Crippen LogP contribution >= 0.6 is 0 Å². The number of likely N-dealkylation sites (tertiary alicyclic amines) is 1. The molecule has 0 aromatic heterocycles. The van der Waals surface area contributed by atoms with Gasteiger partial charge in [0, 0.05) is 31.4 Å². The zero-order valence-electron chi connectivity index (χ0n) is 15.9. The number of halogens is 3. The molecule has 1 amide bonds. The molecule has 7 heteroatoms. The van der Waals surface area contributed by atoms with Crippen molar-refractivity contribution >= 4 is 11.6 Å². The van der Waals surface area contributed by atoms with Crippen LogP contribution in [-0.2, 0) is 11.0 Å². The zero-order chi connectivity index (χ0) is 19.9. The third-order valence-electron chi connectivity index (χ3n) is 6.77. The van der Waals surface area contributed by atoms with Gasteiger partial charge in [0.25, 0.3) is 0 Å². The van der Waals surface area contributed by atoms with Crippen LogP contribution < -0.4 is 4.90 Å². The van der Waals surface area contributed by atoms with Gasteiger partial charge in [0.1, 0.15) is 0 Å². The second kappa shape index (κ2) is 7.25. The first-order valence-electron chi connectivity index (χ1n) is 10.2. The summed E-state index contributed by atoms with van der Waals surface area (Å²) in [5, 5.41) is 9.73. The van der Waals surface area contributed by atoms with Gasteiger partial charge >= 0.3 is 6.18 Å². The van der Waals surface area contributed by atoms with Crippen molar-refractivity contribution < 1.29 is 23.1 Å². The summed E-state index contributed by atoms with van der Waals surface area (Å²) in [6, 6.07) is 5.62. The number of benzene rings is 1. The molecule has 0 bridgehead atoms. The van der Waals surface area contributed by atoms with Gasteiger partial charge in [-0.15, -0.1) is 0 Å². The van der Waals surface area contributed by atoms with Crippen LogP contribution in [0.25, 0.3) is 0 Å². The van der Waals surface area contributed by atoms with Crippen LogP contribution in [0.1, 0.15) is 50.5 Å². The minimum absolute atomic E-state index is 0.158. The maximum atomic E-state index is 13.3. The smallest absolute Gasteiger partial charge is 0.393 e. The number of rotatable bonds is 2. The SMILES string of the molecule is O=C1N([C@H]2CC[C@H](O)CC2)CC[C@]12CCCN(c1cccc(C(F)(F)F)c1)C2. The van der Waals surface area contributed by atoms with E-state index >= 15 is 0 Å². The highest BCUT2D eigenvalue weighted by molar-refractivity contribution is 5.86. The van der Waals surface area contributed by atoms with Crippen molar-refractivity contribution in [3.63, 3.8) is 0 Å². The van der Waals surface area contributed by atoms with E-state index < -0.39 is 17.2 Å². The largest absolute Gasteiger partial charge is 0.416 e. The third-order valence-corrected chi connectivity index (χ3v) is 6.77. The maximum Gasteiger partial charge on any atom is 0.416 e. The molecule has 2 heterocycles. The summed E-state index contributed by atoms with van der Waals surface area (Å²) in [5.41, 5.74) is -0.589. The lowest BCUT2D eigenvalue weighted by atomic mass is 9.78. The number of alkyl halides is 3. The lowest BCUT2D eigenvalue weighted by Crippen LogP contribution is -2.50. The first kappa shape index (κ1) is 19.6. The molecular weight excluding hydrogens is 369 g/mol. The van der Waals surface area contributed by atoms with Crippen LogP contribution in [0.5, 0.6) is 0 Å². The molecule has 3 aliphatic rings. The molecule has 154 valence electrons. The average molecular weight is 396 g/mol. The normalized spacial score (nSPS) is 31.6. The molecule has 1 aliphatic carbocycles. The second-order valence-corrected chi connectivity index (χ2v) is 8.56. The Labute approximate surface area is 163 Å². The molecule has 0 unspecified atom stereocenters. The quantitative estimate of drug-likeness (QED) is 0.826. The van der Waals surface area contributed by atoms with E-state index in [4.69, 9.17) is 0 Å². The Hall–Kier alpha value is -1.76. The van der Waals surface area contributed by atoms with E-state index in [1.807, 2.05) is 9.80 Å². The number of amides is 1. The lowest BCUT2D eigenvalue weighted by molar-refractivity contribution is -0.139. The highest BCUT2D eigenvalue weighted by atomic mass is 19.4. The predicted molar refractivity (Wildman–Crippen MR) is 99.9 cm³/mol. The van der Waals surface area contributed by atoms with Gasteiger partial charge in [-0.2, -0.15) is 13.2 Å². The van der Waals surface area contributed by atoms with Gasteiger partial charge in [-0.25, -0.2) is 0 Å². The fourth-order valence-electron chi connectivity index (χ4n) is 5.18. The van der Waals surface area contributed by atoms with E-state index in [-0.39, 0.29) is 18.1 Å². The summed E-state index contributed by atoms with van der Waals surface area (Å²) in [7, 11) is 0. The molecule has 1 N–H and O–H groups in total. The number of aliphatic hydroxyl groups is 1. The van der Waals surface area contributed by atoms with Crippen molar-refractivity contribution in [2.24, 2.45) is 5.41 Å². The summed E-state index contributed by atoms with van der Waals surface area (Å²) in [4.78, 5) is 17.3. The number of carbonyl (C=O) groups excluding carboxylic acids is 1. The van der Waals surface area contributed by atoms with Crippen molar-refractivity contribution in [3.05, 3.63) is 29.8 Å². The van der Waals surface area contributed by atoms with E-state index in [1.54, 1.807) is 6.07 Å². The summed E-state index contributed by atoms with van der Waals surface area (Å²) in [6.07, 6.45) is 0.881. The van der Waals surface area contributed by atoms with Gasteiger partial charge in [0.2, 0.25) is 5.91 Å². The zero-order valence-corrected chi connectivity index (χ0v) is 15.9. The number of hydrogen-bond acceptors (Lipinski definition) is 3. The molecule has 4 nitrogen and oxygen atoms in total. The molecule has 28 heavy (non-hydrogen) atoms. The van der Waals surface area contributed by atoms with Crippen LogP contribution in [0.4, 0.5) is 18.9 Å². The Kier molecular flexibility index (Phi) is 5.06. The van der Waals surface area contributed by atoms with Gasteiger partial charge in [-0.3, -0.25) is 4.79 Å². The van der Waals surface area contributed by atoms with Gasteiger partial charge in [-0.05, 0) is 63.1 Å². The molecule has 4 rings (SSSR count). The number of piperidine rings is 1. The summed E-state index contributed by atoms with van der Waals surface area (Å²) >= 11 is 0. The Morgan fingerprint density at radius 3 is 2.54 bits per heavy atom. The number of aliphatic hydroxyl groups excluding tert-OH is 1. The monoisotopic (exact) mass is 396 g/mol. The van der Waals surface area contributed by atoms with Crippen molar-refractivity contribution in [2.45, 2.75) is 63.3 Å². The number of carbonyl (C=O) groups is 1. The van der Waals surface area contributed by atoms with Gasteiger partial charge in [-0.1, -0.05) is 6.07 Å². The molecule has 1 aromatic rings. The van der Waals surface area contributed by atoms with Crippen LogP contribution in [0.3, 0.4) is 0 Å². The number of hydrogen-bond donors (Lipinski definition) is 1. The molecule has 2 aliphatic heterocycles. The van der Waals surface area contributed by atoms with E-state index in [2.05, 4.69) is 0 Å². The molecule has 0 radical (unpaired) electrons. The maximum absolute atomic E-state index is 13.3. The van der Waals surface area contributed by atoms with Crippen LogP contribution in [0.2, 0.25) is 0 Å². The predicted octanol–water partition coefficient (Wildman–Crippen LogP) is 3.83. The van der Waals surface area contributed by atoms with Crippen LogP contribution in [-0.4, -0.2) is 47.7 Å². The average Bonchev–Trinajstić information content (AvgIpc) is 2.98. The highest BCUT2D eigenvalue weighted by Crippen LogP contribution is 2.44. The molecular formula is C21H27F3N2O2. The second-order valence-electron chi connectivity index (χ2n) is 8.56. The minimum atomic E-state index is -4.37. The summed E-state index contributed by atoms with van der Waals surface area (Å²) in [5.74, 6) is 0.158. The molecule has 1 saturated carbocycles. The Bertz CT molecular complexity index is 731. The highest BCUT2D eigenvalue weighted by Gasteiger charge is 2.50. The van der Waals surface area contributed by atoms with E-state index in [0.29, 0.717) is 18.8 Å². The van der Waals surface area contributed by atoms with Crippen molar-refractivity contribution in [1.29, 1.82) is 0 Å². The summed E-state index contributed by atoms with van der Waals surface area (Å²) in [6.45, 7) is 1.88. The Morgan fingerprint density at radius 2 is 1.82 bits per heavy atom. The fourth-order valence-corrected chi connectivity index (χ4v) is 5.18.